The van der Waals surface area contributed by atoms with Gasteiger partial charge >= 0.3 is 0 Å². The maximum atomic E-state index is 12.7. The number of aromatic nitrogens is 2. The van der Waals surface area contributed by atoms with Crippen molar-refractivity contribution in [2.45, 2.75) is 44.4 Å². The zero-order valence-electron chi connectivity index (χ0n) is 14.9. The zero-order chi connectivity index (χ0) is 18.5. The zero-order valence-corrected chi connectivity index (χ0v) is 14.9. The van der Waals surface area contributed by atoms with E-state index in [4.69, 9.17) is 5.73 Å². The van der Waals surface area contributed by atoms with E-state index in [0.717, 1.165) is 31.2 Å². The van der Waals surface area contributed by atoms with E-state index in [1.807, 2.05) is 30.3 Å². The summed E-state index contributed by atoms with van der Waals surface area (Å²) in [6.07, 6.45) is 3.23. The van der Waals surface area contributed by atoms with E-state index in [9.17, 15) is 9.90 Å². The monoisotopic (exact) mass is 355 g/mol. The van der Waals surface area contributed by atoms with Gasteiger partial charge in [-0.05, 0) is 18.4 Å². The molecule has 0 radical (unpaired) electrons. The number of nitrogens with two attached hydrogens (primary N) is 1. The topological polar surface area (TPSA) is 104 Å². The van der Waals surface area contributed by atoms with Crippen LogP contribution in [0.3, 0.4) is 0 Å². The molecule has 2 aromatic rings. The maximum Gasteiger partial charge on any atom is 0.272 e. The van der Waals surface area contributed by atoms with Crippen molar-refractivity contribution in [3.05, 3.63) is 47.7 Å². The minimum atomic E-state index is -0.436. The average molecular weight is 355 g/mol. The summed E-state index contributed by atoms with van der Waals surface area (Å²) in [6, 6.07) is 11.1. The van der Waals surface area contributed by atoms with Gasteiger partial charge in [-0.3, -0.25) is 4.79 Å². The van der Waals surface area contributed by atoms with Gasteiger partial charge in [0.05, 0.1) is 12.1 Å². The van der Waals surface area contributed by atoms with Crippen LogP contribution in [-0.4, -0.2) is 45.1 Å². The van der Waals surface area contributed by atoms with Crippen molar-refractivity contribution in [2.24, 2.45) is 0 Å². The molecule has 1 aliphatic carbocycles. The van der Waals surface area contributed by atoms with Crippen LogP contribution < -0.4 is 11.1 Å². The van der Waals surface area contributed by atoms with Crippen LogP contribution in [0, 0.1) is 0 Å². The predicted octanol–water partition coefficient (Wildman–Crippen LogP) is 2.05. The normalized spacial score (nSPS) is 19.8. The molecule has 1 heterocycles. The van der Waals surface area contributed by atoms with E-state index in [-0.39, 0.29) is 29.4 Å². The molecule has 1 aromatic heterocycles. The molecule has 138 valence electrons. The molecule has 26 heavy (non-hydrogen) atoms. The van der Waals surface area contributed by atoms with Crippen LogP contribution in [0.5, 0.6) is 0 Å². The Morgan fingerprint density at radius 1 is 1.27 bits per heavy atom. The standard InChI is InChI=1S/C19H25N5O2/c1-24(12-13-7-3-2-4-8-13)18(26)15-11-17(20)23-19(22-15)21-14-9-5-6-10-16(14)25/h2-4,7-8,11,14,16,25H,5-6,9-10,12H2,1H3,(H3,20,21,22,23)/t14-,16-/m0/s1. The number of anilines is 2. The van der Waals surface area contributed by atoms with Gasteiger partial charge in [0.2, 0.25) is 5.95 Å². The highest BCUT2D eigenvalue weighted by Gasteiger charge is 2.24. The van der Waals surface area contributed by atoms with Crippen LogP contribution in [0.15, 0.2) is 36.4 Å². The summed E-state index contributed by atoms with van der Waals surface area (Å²) >= 11 is 0. The molecule has 1 amide bonds. The number of aliphatic hydroxyl groups excluding tert-OH is 1. The van der Waals surface area contributed by atoms with Gasteiger partial charge in [0, 0.05) is 19.7 Å². The van der Waals surface area contributed by atoms with Gasteiger partial charge in [-0.2, -0.15) is 4.98 Å². The van der Waals surface area contributed by atoms with Crippen molar-refractivity contribution < 1.29 is 9.90 Å². The quantitative estimate of drug-likeness (QED) is 0.758. The summed E-state index contributed by atoms with van der Waals surface area (Å²) in [5, 5.41) is 13.2. The number of nitrogen functional groups attached to an aromatic ring is 1. The molecule has 1 aliphatic rings. The minimum Gasteiger partial charge on any atom is -0.391 e. The van der Waals surface area contributed by atoms with Crippen molar-refractivity contribution in [1.29, 1.82) is 0 Å². The van der Waals surface area contributed by atoms with Gasteiger partial charge in [-0.1, -0.05) is 43.2 Å². The van der Waals surface area contributed by atoms with E-state index >= 15 is 0 Å². The lowest BCUT2D eigenvalue weighted by Crippen LogP contribution is -2.37. The van der Waals surface area contributed by atoms with Gasteiger partial charge < -0.3 is 21.1 Å². The molecular weight excluding hydrogens is 330 g/mol. The molecule has 1 saturated carbocycles. The highest BCUT2D eigenvalue weighted by molar-refractivity contribution is 5.93. The molecule has 1 fully saturated rings. The lowest BCUT2D eigenvalue weighted by molar-refractivity contribution is 0.0779. The smallest absolute Gasteiger partial charge is 0.272 e. The number of carbonyl (C=O) groups is 1. The number of nitrogens with zero attached hydrogens (tertiary/aromatic N) is 3. The lowest BCUT2D eigenvalue weighted by atomic mass is 9.93. The molecule has 7 nitrogen and oxygen atoms in total. The molecule has 0 bridgehead atoms. The third kappa shape index (κ3) is 4.49. The van der Waals surface area contributed by atoms with Crippen molar-refractivity contribution in [3.63, 3.8) is 0 Å². The SMILES string of the molecule is CN(Cc1ccccc1)C(=O)c1cc(N)nc(N[C@H]2CCCC[C@@H]2O)n1. The molecular formula is C19H25N5O2. The van der Waals surface area contributed by atoms with Gasteiger partial charge in [0.25, 0.3) is 5.91 Å². The Morgan fingerprint density at radius 3 is 2.73 bits per heavy atom. The number of hydrogen-bond acceptors (Lipinski definition) is 6. The van der Waals surface area contributed by atoms with E-state index in [2.05, 4.69) is 15.3 Å². The van der Waals surface area contributed by atoms with Crippen LogP contribution in [0.4, 0.5) is 11.8 Å². The van der Waals surface area contributed by atoms with Crippen LogP contribution in [0.2, 0.25) is 0 Å². The van der Waals surface area contributed by atoms with E-state index < -0.39 is 6.10 Å². The first kappa shape index (κ1) is 18.1. The predicted molar refractivity (Wildman–Crippen MR) is 101 cm³/mol. The molecule has 0 unspecified atom stereocenters. The molecule has 0 spiro atoms. The molecule has 4 N–H and O–H groups in total. The highest BCUT2D eigenvalue weighted by atomic mass is 16.3. The second-order valence-electron chi connectivity index (χ2n) is 6.75. The number of benzene rings is 1. The average Bonchev–Trinajstić information content (AvgIpc) is 2.63. The summed E-state index contributed by atoms with van der Waals surface area (Å²) in [5.74, 6) is 0.284. The third-order valence-electron chi connectivity index (χ3n) is 4.62. The lowest BCUT2D eigenvalue weighted by Gasteiger charge is -2.28. The minimum absolute atomic E-state index is 0.115. The third-order valence-corrected chi connectivity index (χ3v) is 4.62. The van der Waals surface area contributed by atoms with Crippen LogP contribution in [-0.2, 0) is 6.54 Å². The fourth-order valence-corrected chi connectivity index (χ4v) is 3.21. The molecule has 3 rings (SSSR count). The Hall–Kier alpha value is -2.67. The van der Waals surface area contributed by atoms with Crippen LogP contribution in [0.1, 0.15) is 41.7 Å². The summed E-state index contributed by atoms with van der Waals surface area (Å²) in [5.41, 5.74) is 7.14. The Balaban J connectivity index is 1.72. The first-order valence-corrected chi connectivity index (χ1v) is 8.91. The fourth-order valence-electron chi connectivity index (χ4n) is 3.21. The summed E-state index contributed by atoms with van der Waals surface area (Å²) < 4.78 is 0. The molecule has 0 saturated heterocycles. The van der Waals surface area contributed by atoms with Crippen molar-refractivity contribution in [3.8, 4) is 0 Å². The Morgan fingerprint density at radius 2 is 2.00 bits per heavy atom. The van der Waals surface area contributed by atoms with Crippen molar-refractivity contribution in [2.75, 3.05) is 18.1 Å². The molecule has 1 aromatic carbocycles. The summed E-state index contributed by atoms with van der Waals surface area (Å²) in [6.45, 7) is 0.480. The van der Waals surface area contributed by atoms with Gasteiger partial charge in [-0.25, -0.2) is 4.98 Å². The second kappa shape index (κ2) is 8.14. The second-order valence-corrected chi connectivity index (χ2v) is 6.75. The Labute approximate surface area is 153 Å². The number of amides is 1. The van der Waals surface area contributed by atoms with E-state index in [1.54, 1.807) is 11.9 Å². The van der Waals surface area contributed by atoms with Crippen molar-refractivity contribution >= 4 is 17.7 Å². The molecule has 0 aliphatic heterocycles. The number of aliphatic hydroxyl groups is 1. The number of carbonyl (C=O) groups excluding carboxylic acids is 1. The van der Waals surface area contributed by atoms with E-state index in [1.165, 1.54) is 6.07 Å². The highest BCUT2D eigenvalue weighted by Crippen LogP contribution is 2.21. The number of nitrogens with one attached hydrogen (secondary N) is 1. The van der Waals surface area contributed by atoms with Crippen LogP contribution >= 0.6 is 0 Å². The number of hydrogen-bond donors (Lipinski definition) is 3. The Kier molecular flexibility index (Phi) is 5.68. The first-order chi connectivity index (χ1) is 12.5. The van der Waals surface area contributed by atoms with E-state index in [0.29, 0.717) is 6.54 Å². The maximum absolute atomic E-state index is 12.7. The summed E-state index contributed by atoms with van der Waals surface area (Å²) in [4.78, 5) is 22.8. The first-order valence-electron chi connectivity index (χ1n) is 8.91. The van der Waals surface area contributed by atoms with Gasteiger partial charge in [0.1, 0.15) is 11.5 Å². The fraction of sp³-hybridized carbons (Fsp3) is 0.421. The molecule has 7 heteroatoms. The van der Waals surface area contributed by atoms with Gasteiger partial charge in [-0.15, -0.1) is 0 Å². The van der Waals surface area contributed by atoms with Gasteiger partial charge in [0.15, 0.2) is 0 Å². The Bertz CT molecular complexity index is 753. The van der Waals surface area contributed by atoms with Crippen LogP contribution in [0.25, 0.3) is 0 Å². The molecule has 2 atom stereocenters. The number of rotatable bonds is 5. The van der Waals surface area contributed by atoms with Crippen molar-refractivity contribution in [1.82, 2.24) is 14.9 Å². The summed E-state index contributed by atoms with van der Waals surface area (Å²) in [7, 11) is 1.73. The largest absolute Gasteiger partial charge is 0.391 e.